The Balaban J connectivity index is 2.66. The first-order valence-electron chi connectivity index (χ1n) is 3.65. The van der Waals surface area contributed by atoms with Gasteiger partial charge in [-0.2, -0.15) is 5.10 Å². The van der Waals surface area contributed by atoms with Gasteiger partial charge in [0.25, 0.3) is 0 Å². The summed E-state index contributed by atoms with van der Waals surface area (Å²) in [6.45, 7) is 3.60. The summed E-state index contributed by atoms with van der Waals surface area (Å²) in [5.41, 5.74) is 0.862. The van der Waals surface area contributed by atoms with Crippen LogP contribution in [-0.4, -0.2) is 16.2 Å². The second-order valence-corrected chi connectivity index (χ2v) is 3.10. The number of aromatic nitrogens is 2. The van der Waals surface area contributed by atoms with E-state index in [0.29, 0.717) is 0 Å². The molecule has 1 aromatic rings. The Hall–Kier alpha value is -1.29. The quantitative estimate of drug-likeness (QED) is 0.586. The molecule has 13 heavy (non-hydrogen) atoms. The van der Waals surface area contributed by atoms with Crippen LogP contribution in [0.25, 0.3) is 0 Å². The largest absolute Gasteiger partial charge is 0.403 e. The van der Waals surface area contributed by atoms with Crippen LogP contribution in [0.15, 0.2) is 17.8 Å². The van der Waals surface area contributed by atoms with Crippen molar-refractivity contribution in [3.05, 3.63) is 22.9 Å². The van der Waals surface area contributed by atoms with Crippen LogP contribution in [0.1, 0.15) is 13.8 Å². The molecule has 1 heterocycles. The van der Waals surface area contributed by atoms with Gasteiger partial charge >= 0.3 is 5.97 Å². The van der Waals surface area contributed by atoms with Gasteiger partial charge in [-0.05, 0) is 13.8 Å². The maximum atomic E-state index is 11.1. The number of allylic oxidation sites excluding steroid dienone is 1. The molecule has 0 fully saturated rings. The van der Waals surface area contributed by atoms with Gasteiger partial charge in [-0.1, -0.05) is 17.2 Å². The smallest absolute Gasteiger partial charge is 0.337 e. The fourth-order valence-electron chi connectivity index (χ4n) is 0.697. The van der Waals surface area contributed by atoms with Gasteiger partial charge < -0.3 is 4.74 Å². The summed E-state index contributed by atoms with van der Waals surface area (Å²) in [6.07, 6.45) is 2.74. The van der Waals surface area contributed by atoms with Crippen LogP contribution in [0, 0.1) is 0 Å². The standard InChI is InChI=1S/C8H9ClN2O2/c1-5(2)3-7(12)13-8-6(9)4-10-11-8/h3-4H,1-2H3,(H,10,11). The highest BCUT2D eigenvalue weighted by atomic mass is 35.5. The van der Waals surface area contributed by atoms with Gasteiger partial charge in [0, 0.05) is 6.08 Å². The fourth-order valence-corrected chi connectivity index (χ4v) is 0.827. The van der Waals surface area contributed by atoms with Crippen LogP contribution in [0.2, 0.25) is 5.02 Å². The van der Waals surface area contributed by atoms with E-state index in [9.17, 15) is 4.79 Å². The van der Waals surface area contributed by atoms with Crippen molar-refractivity contribution in [2.45, 2.75) is 13.8 Å². The van der Waals surface area contributed by atoms with Gasteiger partial charge in [0.2, 0.25) is 5.88 Å². The topological polar surface area (TPSA) is 55.0 Å². The SMILES string of the molecule is CC(C)=CC(=O)Oc1[nH]ncc1Cl. The summed E-state index contributed by atoms with van der Waals surface area (Å²) in [5.74, 6) is -0.296. The molecule has 0 aliphatic rings. The molecule has 0 aliphatic carbocycles. The van der Waals surface area contributed by atoms with Crippen molar-refractivity contribution in [1.82, 2.24) is 10.2 Å². The molecule has 1 rings (SSSR count). The number of carbonyl (C=O) groups excluding carboxylic acids is 1. The zero-order valence-corrected chi connectivity index (χ0v) is 8.05. The lowest BCUT2D eigenvalue weighted by Gasteiger charge is -1.97. The zero-order valence-electron chi connectivity index (χ0n) is 7.30. The molecule has 5 heteroatoms. The maximum absolute atomic E-state index is 11.1. The summed E-state index contributed by atoms with van der Waals surface area (Å²) < 4.78 is 4.83. The summed E-state index contributed by atoms with van der Waals surface area (Å²) >= 11 is 5.63. The maximum Gasteiger partial charge on any atom is 0.337 e. The normalized spacial score (nSPS) is 9.46. The monoisotopic (exact) mass is 200 g/mol. The third-order valence-corrected chi connectivity index (χ3v) is 1.44. The van der Waals surface area contributed by atoms with E-state index in [0.717, 1.165) is 5.57 Å². The number of nitrogens with one attached hydrogen (secondary N) is 1. The van der Waals surface area contributed by atoms with E-state index in [1.165, 1.54) is 12.3 Å². The van der Waals surface area contributed by atoms with Crippen LogP contribution in [0.4, 0.5) is 0 Å². The van der Waals surface area contributed by atoms with E-state index in [1.807, 2.05) is 0 Å². The predicted molar refractivity (Wildman–Crippen MR) is 48.7 cm³/mol. The number of esters is 1. The lowest BCUT2D eigenvalue weighted by Crippen LogP contribution is -2.04. The molecule has 0 amide bonds. The van der Waals surface area contributed by atoms with Crippen LogP contribution in [-0.2, 0) is 4.79 Å². The van der Waals surface area contributed by atoms with Crippen LogP contribution >= 0.6 is 11.6 Å². The van der Waals surface area contributed by atoms with Crippen molar-refractivity contribution >= 4 is 17.6 Å². The number of carbonyl (C=O) groups is 1. The molecule has 1 N–H and O–H groups in total. The van der Waals surface area contributed by atoms with E-state index < -0.39 is 5.97 Å². The Bertz CT molecular complexity index is 340. The number of hydrogen-bond donors (Lipinski definition) is 1. The van der Waals surface area contributed by atoms with Crippen molar-refractivity contribution in [2.75, 3.05) is 0 Å². The van der Waals surface area contributed by atoms with Crippen molar-refractivity contribution in [2.24, 2.45) is 0 Å². The number of H-pyrrole nitrogens is 1. The van der Waals surface area contributed by atoms with E-state index in [4.69, 9.17) is 16.3 Å². The lowest BCUT2D eigenvalue weighted by atomic mass is 10.3. The van der Waals surface area contributed by atoms with Crippen molar-refractivity contribution < 1.29 is 9.53 Å². The number of hydrogen-bond acceptors (Lipinski definition) is 3. The van der Waals surface area contributed by atoms with E-state index >= 15 is 0 Å². The second kappa shape index (κ2) is 4.09. The number of ether oxygens (including phenoxy) is 1. The molecule has 0 aromatic carbocycles. The molecule has 4 nitrogen and oxygen atoms in total. The van der Waals surface area contributed by atoms with Gasteiger partial charge in [0.15, 0.2) is 0 Å². The molecular weight excluding hydrogens is 192 g/mol. The minimum absolute atomic E-state index is 0.171. The summed E-state index contributed by atoms with van der Waals surface area (Å²) in [6, 6.07) is 0. The van der Waals surface area contributed by atoms with Crippen molar-refractivity contribution in [3.63, 3.8) is 0 Å². The molecule has 0 unspecified atom stereocenters. The minimum atomic E-state index is -0.467. The van der Waals surface area contributed by atoms with Crippen molar-refractivity contribution in [3.8, 4) is 5.88 Å². The molecule has 0 saturated heterocycles. The third kappa shape index (κ3) is 2.91. The molecule has 0 radical (unpaired) electrons. The number of nitrogens with zero attached hydrogens (tertiary/aromatic N) is 1. The van der Waals surface area contributed by atoms with Gasteiger partial charge in [-0.3, -0.25) is 0 Å². The minimum Gasteiger partial charge on any atom is -0.403 e. The fraction of sp³-hybridized carbons (Fsp3) is 0.250. The first-order valence-corrected chi connectivity index (χ1v) is 4.03. The molecule has 0 atom stereocenters. The van der Waals surface area contributed by atoms with Gasteiger partial charge in [0.1, 0.15) is 5.02 Å². The predicted octanol–water partition coefficient (Wildman–Crippen LogP) is 1.93. The summed E-state index contributed by atoms with van der Waals surface area (Å²) in [5, 5.41) is 6.34. The van der Waals surface area contributed by atoms with E-state index in [-0.39, 0.29) is 10.9 Å². The third-order valence-electron chi connectivity index (χ3n) is 1.17. The van der Waals surface area contributed by atoms with Gasteiger partial charge in [-0.15, -0.1) is 0 Å². The van der Waals surface area contributed by atoms with Gasteiger partial charge in [0.05, 0.1) is 6.20 Å². The lowest BCUT2D eigenvalue weighted by molar-refractivity contribution is -0.129. The van der Waals surface area contributed by atoms with Crippen LogP contribution in [0.3, 0.4) is 0 Å². The number of aromatic amines is 1. The Labute approximate surface area is 80.5 Å². The van der Waals surface area contributed by atoms with Gasteiger partial charge in [-0.25, -0.2) is 9.89 Å². The van der Waals surface area contributed by atoms with Crippen LogP contribution < -0.4 is 4.74 Å². The summed E-state index contributed by atoms with van der Waals surface area (Å²) in [4.78, 5) is 11.1. The average molecular weight is 201 g/mol. The molecule has 0 spiro atoms. The highest BCUT2D eigenvalue weighted by Gasteiger charge is 2.06. The molecule has 1 aromatic heterocycles. The Kier molecular flexibility index (Phi) is 3.08. The Morgan fingerprint density at radius 3 is 2.85 bits per heavy atom. The molecular formula is C8H9ClN2O2. The highest BCUT2D eigenvalue weighted by molar-refractivity contribution is 6.31. The average Bonchev–Trinajstić information content (AvgIpc) is 2.34. The molecule has 70 valence electrons. The second-order valence-electron chi connectivity index (χ2n) is 2.69. The Morgan fingerprint density at radius 1 is 1.69 bits per heavy atom. The zero-order chi connectivity index (χ0) is 9.84. The first-order chi connectivity index (χ1) is 6.09. The van der Waals surface area contributed by atoms with Crippen LogP contribution in [0.5, 0.6) is 5.88 Å². The summed E-state index contributed by atoms with van der Waals surface area (Å²) in [7, 11) is 0. The molecule has 0 bridgehead atoms. The molecule has 0 aliphatic heterocycles. The first kappa shape index (κ1) is 9.80. The molecule has 0 saturated carbocycles. The highest BCUT2D eigenvalue weighted by Crippen LogP contribution is 2.19. The van der Waals surface area contributed by atoms with E-state index in [2.05, 4.69) is 10.2 Å². The number of halogens is 1. The number of rotatable bonds is 2. The van der Waals surface area contributed by atoms with Crippen molar-refractivity contribution in [1.29, 1.82) is 0 Å². The van der Waals surface area contributed by atoms with E-state index in [1.54, 1.807) is 13.8 Å². The Morgan fingerprint density at radius 2 is 2.38 bits per heavy atom.